The summed E-state index contributed by atoms with van der Waals surface area (Å²) in [4.78, 5) is 0. The van der Waals surface area contributed by atoms with Crippen molar-refractivity contribution in [1.29, 1.82) is 0 Å². The highest BCUT2D eigenvalue weighted by Crippen LogP contribution is 2.40. The predicted molar refractivity (Wildman–Crippen MR) is 88.6 cm³/mol. The molecule has 1 atom stereocenters. The molecule has 0 saturated carbocycles. The Bertz CT molecular complexity index is 727. The largest absolute Gasteiger partial charge is 0.454 e. The Morgan fingerprint density at radius 3 is 2.83 bits per heavy atom. The molecule has 128 valence electrons. The van der Waals surface area contributed by atoms with Crippen LogP contribution >= 0.6 is 15.9 Å². The van der Waals surface area contributed by atoms with Gasteiger partial charge in [-0.15, -0.1) is 0 Å². The molecule has 0 saturated heterocycles. The molecular weight excluding hydrogens is 384 g/mol. The number of halogens is 3. The zero-order valence-corrected chi connectivity index (χ0v) is 14.5. The first kappa shape index (κ1) is 17.0. The van der Waals surface area contributed by atoms with Gasteiger partial charge < -0.3 is 19.5 Å². The van der Waals surface area contributed by atoms with Crippen molar-refractivity contribution < 1.29 is 23.0 Å². The molecule has 0 radical (unpaired) electrons. The lowest BCUT2D eigenvalue weighted by Gasteiger charge is -2.18. The highest BCUT2D eigenvalue weighted by molar-refractivity contribution is 9.10. The van der Waals surface area contributed by atoms with Crippen LogP contribution in [0.1, 0.15) is 24.1 Å². The number of para-hydroxylation sites is 1. The summed E-state index contributed by atoms with van der Waals surface area (Å²) in [5, 5.41) is 3.31. The average molecular weight is 400 g/mol. The van der Waals surface area contributed by atoms with Crippen molar-refractivity contribution in [2.75, 3.05) is 6.79 Å². The first-order valence-corrected chi connectivity index (χ1v) is 8.19. The average Bonchev–Trinajstić information content (AvgIpc) is 3.01. The van der Waals surface area contributed by atoms with Crippen molar-refractivity contribution in [3.05, 3.63) is 52.0 Å². The summed E-state index contributed by atoms with van der Waals surface area (Å²) in [6, 6.07) is 10.4. The molecule has 0 unspecified atom stereocenters. The van der Waals surface area contributed by atoms with Crippen molar-refractivity contribution in [2.45, 2.75) is 26.1 Å². The normalized spacial score (nSPS) is 14.0. The summed E-state index contributed by atoms with van der Waals surface area (Å²) in [6.45, 7) is -0.197. The second-order valence-corrected chi connectivity index (χ2v) is 6.18. The quantitative estimate of drug-likeness (QED) is 0.768. The molecule has 0 bridgehead atoms. The lowest BCUT2D eigenvalue weighted by molar-refractivity contribution is -0.0506. The highest BCUT2D eigenvalue weighted by Gasteiger charge is 2.19. The van der Waals surface area contributed by atoms with E-state index < -0.39 is 6.61 Å². The number of ether oxygens (including phenoxy) is 3. The van der Waals surface area contributed by atoms with Gasteiger partial charge in [0, 0.05) is 18.2 Å². The fourth-order valence-corrected chi connectivity index (χ4v) is 3.15. The number of rotatable bonds is 6. The molecule has 0 spiro atoms. The third-order valence-corrected chi connectivity index (χ3v) is 4.29. The van der Waals surface area contributed by atoms with E-state index in [2.05, 4.69) is 26.0 Å². The minimum atomic E-state index is -2.84. The van der Waals surface area contributed by atoms with Crippen LogP contribution in [0.2, 0.25) is 0 Å². The molecule has 1 aliphatic rings. The summed E-state index contributed by atoms with van der Waals surface area (Å²) in [6.07, 6.45) is 0. The molecule has 0 aromatic heterocycles. The van der Waals surface area contributed by atoms with Gasteiger partial charge in [0.15, 0.2) is 11.5 Å². The fourth-order valence-electron chi connectivity index (χ4n) is 2.55. The SMILES string of the molecule is C[C@@H](NCc1cc(Br)c2c(c1)OCO2)c1ccccc1OC(F)F. The molecule has 1 aliphatic heterocycles. The first-order valence-electron chi connectivity index (χ1n) is 7.39. The maximum atomic E-state index is 12.5. The van der Waals surface area contributed by atoms with Crippen LogP contribution in [0, 0.1) is 0 Å². The van der Waals surface area contributed by atoms with Crippen molar-refractivity contribution in [1.82, 2.24) is 5.32 Å². The monoisotopic (exact) mass is 399 g/mol. The molecule has 3 rings (SSSR count). The number of nitrogens with one attached hydrogen (secondary N) is 1. The fraction of sp³-hybridized carbons (Fsp3) is 0.294. The highest BCUT2D eigenvalue weighted by atomic mass is 79.9. The standard InChI is InChI=1S/C17H16BrF2NO3/c1-10(12-4-2-3-5-14(12)24-17(19)20)21-8-11-6-13(18)16-15(7-11)22-9-23-16/h2-7,10,17,21H,8-9H2,1H3/t10-/m1/s1. The molecular formula is C17H16BrF2NO3. The van der Waals surface area contributed by atoms with Gasteiger partial charge in [-0.2, -0.15) is 8.78 Å². The second kappa shape index (κ2) is 7.36. The summed E-state index contributed by atoms with van der Waals surface area (Å²) < 4.78 is 41.2. The topological polar surface area (TPSA) is 39.7 Å². The van der Waals surface area contributed by atoms with Crippen LogP contribution in [0.4, 0.5) is 8.78 Å². The van der Waals surface area contributed by atoms with Crippen molar-refractivity contribution >= 4 is 15.9 Å². The number of hydrogen-bond acceptors (Lipinski definition) is 4. The molecule has 0 fully saturated rings. The second-order valence-electron chi connectivity index (χ2n) is 5.33. The molecule has 7 heteroatoms. The van der Waals surface area contributed by atoms with Crippen LogP contribution in [0.5, 0.6) is 17.2 Å². The van der Waals surface area contributed by atoms with E-state index in [1.165, 1.54) is 6.07 Å². The zero-order chi connectivity index (χ0) is 17.1. The van der Waals surface area contributed by atoms with Gasteiger partial charge in [-0.05, 0) is 46.6 Å². The Hall–Kier alpha value is -1.86. The van der Waals surface area contributed by atoms with E-state index in [4.69, 9.17) is 9.47 Å². The molecule has 1 N–H and O–H groups in total. The van der Waals surface area contributed by atoms with Crippen LogP contribution < -0.4 is 19.5 Å². The molecule has 2 aromatic carbocycles. The zero-order valence-electron chi connectivity index (χ0n) is 12.9. The van der Waals surface area contributed by atoms with Gasteiger partial charge in [-0.1, -0.05) is 18.2 Å². The third-order valence-electron chi connectivity index (χ3n) is 3.70. The predicted octanol–water partition coefficient (Wildman–Crippen LogP) is 4.63. The van der Waals surface area contributed by atoms with Gasteiger partial charge in [0.25, 0.3) is 0 Å². The van der Waals surface area contributed by atoms with E-state index in [0.717, 1.165) is 10.0 Å². The molecule has 24 heavy (non-hydrogen) atoms. The van der Waals surface area contributed by atoms with Gasteiger partial charge in [-0.3, -0.25) is 0 Å². The maximum absolute atomic E-state index is 12.5. The van der Waals surface area contributed by atoms with E-state index in [1.54, 1.807) is 18.2 Å². The Morgan fingerprint density at radius 1 is 1.25 bits per heavy atom. The van der Waals surface area contributed by atoms with Gasteiger partial charge in [0.05, 0.1) is 4.47 Å². The molecule has 0 aliphatic carbocycles. The van der Waals surface area contributed by atoms with Crippen LogP contribution in [-0.2, 0) is 6.54 Å². The molecule has 2 aromatic rings. The molecule has 1 heterocycles. The lowest BCUT2D eigenvalue weighted by Crippen LogP contribution is -2.19. The molecule has 4 nitrogen and oxygen atoms in total. The van der Waals surface area contributed by atoms with Crippen molar-refractivity contribution in [2.24, 2.45) is 0 Å². The number of hydrogen-bond donors (Lipinski definition) is 1. The Morgan fingerprint density at radius 2 is 2.04 bits per heavy atom. The van der Waals surface area contributed by atoms with E-state index in [1.807, 2.05) is 19.1 Å². The van der Waals surface area contributed by atoms with Gasteiger partial charge in [-0.25, -0.2) is 0 Å². The lowest BCUT2D eigenvalue weighted by atomic mass is 10.1. The van der Waals surface area contributed by atoms with E-state index in [9.17, 15) is 8.78 Å². The first-order chi connectivity index (χ1) is 11.5. The Labute approximate surface area is 146 Å². The summed E-state index contributed by atoms with van der Waals surface area (Å²) >= 11 is 3.45. The summed E-state index contributed by atoms with van der Waals surface area (Å²) in [7, 11) is 0. The van der Waals surface area contributed by atoms with Crippen molar-refractivity contribution in [3.63, 3.8) is 0 Å². The van der Waals surface area contributed by atoms with Gasteiger partial charge in [0.2, 0.25) is 6.79 Å². The van der Waals surface area contributed by atoms with E-state index >= 15 is 0 Å². The number of fused-ring (bicyclic) bond motifs is 1. The van der Waals surface area contributed by atoms with E-state index in [-0.39, 0.29) is 18.6 Å². The minimum Gasteiger partial charge on any atom is -0.454 e. The van der Waals surface area contributed by atoms with Crippen LogP contribution in [0.3, 0.4) is 0 Å². The molecule has 0 amide bonds. The van der Waals surface area contributed by atoms with Gasteiger partial charge >= 0.3 is 6.61 Å². The van der Waals surface area contributed by atoms with Gasteiger partial charge in [0.1, 0.15) is 5.75 Å². The Balaban J connectivity index is 1.70. The minimum absolute atomic E-state index is 0.163. The van der Waals surface area contributed by atoms with Crippen LogP contribution in [0.15, 0.2) is 40.9 Å². The number of alkyl halides is 2. The maximum Gasteiger partial charge on any atom is 0.387 e. The smallest absolute Gasteiger partial charge is 0.387 e. The van der Waals surface area contributed by atoms with Crippen molar-refractivity contribution in [3.8, 4) is 17.2 Å². The Kier molecular flexibility index (Phi) is 5.20. The van der Waals surface area contributed by atoms with Crippen LogP contribution in [0.25, 0.3) is 0 Å². The summed E-state index contributed by atoms with van der Waals surface area (Å²) in [5.41, 5.74) is 1.67. The summed E-state index contributed by atoms with van der Waals surface area (Å²) in [5.74, 6) is 1.57. The third kappa shape index (κ3) is 3.79. The van der Waals surface area contributed by atoms with E-state index in [0.29, 0.717) is 23.6 Å². The number of benzene rings is 2. The van der Waals surface area contributed by atoms with Crippen LogP contribution in [-0.4, -0.2) is 13.4 Å².